The Balaban J connectivity index is 1.94. The Morgan fingerprint density at radius 3 is 2.35 bits per heavy atom. The van der Waals surface area contributed by atoms with Gasteiger partial charge in [0.05, 0.1) is 5.69 Å². The topological polar surface area (TPSA) is 42.2 Å². The van der Waals surface area contributed by atoms with Gasteiger partial charge in [0.15, 0.2) is 5.65 Å². The van der Waals surface area contributed by atoms with Crippen molar-refractivity contribution >= 4 is 17.2 Å². The minimum absolute atomic E-state index is 0.866. The number of nitrogens with one attached hydrogen (secondary N) is 1. The normalized spacial score (nSPS) is 10.8. The largest absolute Gasteiger partial charge is 0.339 e. The number of anilines is 2. The molecule has 2 aromatic carbocycles. The van der Waals surface area contributed by atoms with Crippen molar-refractivity contribution in [2.24, 2.45) is 0 Å². The molecular weight excluding hydrogens is 284 g/mol. The van der Waals surface area contributed by atoms with E-state index in [1.807, 2.05) is 61.7 Å². The van der Waals surface area contributed by atoms with Crippen LogP contribution in [0.4, 0.5) is 11.5 Å². The van der Waals surface area contributed by atoms with Crippen LogP contribution < -0.4 is 5.32 Å². The SMILES string of the molecule is Cc1nccn2c(Nc3ccccc3)c(-c3ccccc3)nc12. The third kappa shape index (κ3) is 2.44. The Morgan fingerprint density at radius 2 is 1.61 bits per heavy atom. The molecule has 0 aliphatic heterocycles. The van der Waals surface area contributed by atoms with Crippen molar-refractivity contribution in [2.75, 3.05) is 5.32 Å². The fourth-order valence-corrected chi connectivity index (χ4v) is 2.68. The second kappa shape index (κ2) is 5.57. The first-order valence-corrected chi connectivity index (χ1v) is 7.54. The van der Waals surface area contributed by atoms with Crippen molar-refractivity contribution in [3.8, 4) is 11.3 Å². The summed E-state index contributed by atoms with van der Waals surface area (Å²) in [4.78, 5) is 9.17. The monoisotopic (exact) mass is 300 g/mol. The molecule has 0 aliphatic carbocycles. The van der Waals surface area contributed by atoms with Crippen LogP contribution in [-0.2, 0) is 0 Å². The van der Waals surface area contributed by atoms with E-state index in [9.17, 15) is 0 Å². The second-order valence-electron chi connectivity index (χ2n) is 5.37. The second-order valence-corrected chi connectivity index (χ2v) is 5.37. The van der Waals surface area contributed by atoms with Crippen LogP contribution in [0.25, 0.3) is 16.9 Å². The van der Waals surface area contributed by atoms with Gasteiger partial charge >= 0.3 is 0 Å². The van der Waals surface area contributed by atoms with Crippen LogP contribution >= 0.6 is 0 Å². The highest BCUT2D eigenvalue weighted by Crippen LogP contribution is 2.31. The van der Waals surface area contributed by atoms with Crippen molar-refractivity contribution < 1.29 is 0 Å². The fourth-order valence-electron chi connectivity index (χ4n) is 2.68. The average Bonchev–Trinajstić information content (AvgIpc) is 2.97. The Kier molecular flexibility index (Phi) is 3.27. The van der Waals surface area contributed by atoms with E-state index in [1.165, 1.54) is 0 Å². The first kappa shape index (κ1) is 13.5. The zero-order valence-corrected chi connectivity index (χ0v) is 12.8. The van der Waals surface area contributed by atoms with Crippen LogP contribution in [0.3, 0.4) is 0 Å². The molecule has 0 unspecified atom stereocenters. The molecule has 112 valence electrons. The average molecular weight is 300 g/mol. The van der Waals surface area contributed by atoms with Crippen molar-refractivity contribution in [3.05, 3.63) is 78.8 Å². The van der Waals surface area contributed by atoms with E-state index in [2.05, 4.69) is 26.8 Å². The maximum absolute atomic E-state index is 4.82. The minimum Gasteiger partial charge on any atom is -0.339 e. The number of aryl methyl sites for hydroxylation is 1. The van der Waals surface area contributed by atoms with Crippen LogP contribution in [0, 0.1) is 6.92 Å². The van der Waals surface area contributed by atoms with Crippen LogP contribution in [0.5, 0.6) is 0 Å². The van der Waals surface area contributed by atoms with Gasteiger partial charge in [0.25, 0.3) is 0 Å². The molecule has 2 heterocycles. The van der Waals surface area contributed by atoms with Crippen LogP contribution in [0.2, 0.25) is 0 Å². The Labute approximate surface area is 134 Å². The van der Waals surface area contributed by atoms with Crippen molar-refractivity contribution in [3.63, 3.8) is 0 Å². The first-order chi connectivity index (χ1) is 11.3. The molecule has 0 radical (unpaired) electrons. The predicted octanol–water partition coefficient (Wildman–Crippen LogP) is 4.45. The number of rotatable bonds is 3. The maximum Gasteiger partial charge on any atom is 0.160 e. The van der Waals surface area contributed by atoms with Crippen LogP contribution in [0.15, 0.2) is 73.1 Å². The molecule has 0 aliphatic rings. The lowest BCUT2D eigenvalue weighted by molar-refractivity contribution is 1.08. The number of fused-ring (bicyclic) bond motifs is 1. The zero-order valence-electron chi connectivity index (χ0n) is 12.8. The molecule has 0 atom stereocenters. The lowest BCUT2D eigenvalue weighted by Gasteiger charge is -2.09. The maximum atomic E-state index is 4.82. The molecule has 0 fully saturated rings. The van der Waals surface area contributed by atoms with Gasteiger partial charge in [0.1, 0.15) is 11.5 Å². The number of hydrogen-bond acceptors (Lipinski definition) is 3. The molecule has 4 heteroatoms. The number of aromatic nitrogens is 3. The van der Waals surface area contributed by atoms with Crippen molar-refractivity contribution in [1.29, 1.82) is 0 Å². The van der Waals surface area contributed by atoms with E-state index in [-0.39, 0.29) is 0 Å². The van der Waals surface area contributed by atoms with Gasteiger partial charge in [-0.15, -0.1) is 0 Å². The number of hydrogen-bond donors (Lipinski definition) is 1. The Bertz CT molecular complexity index is 943. The van der Waals surface area contributed by atoms with E-state index in [4.69, 9.17) is 4.98 Å². The van der Waals surface area contributed by atoms with E-state index in [0.717, 1.165) is 34.1 Å². The zero-order chi connectivity index (χ0) is 15.6. The van der Waals surface area contributed by atoms with Crippen molar-refractivity contribution in [2.45, 2.75) is 6.92 Å². The number of nitrogens with zero attached hydrogens (tertiary/aromatic N) is 3. The molecule has 1 N–H and O–H groups in total. The third-order valence-electron chi connectivity index (χ3n) is 3.80. The van der Waals surface area contributed by atoms with Gasteiger partial charge in [0, 0.05) is 23.6 Å². The summed E-state index contributed by atoms with van der Waals surface area (Å²) < 4.78 is 2.05. The first-order valence-electron chi connectivity index (χ1n) is 7.54. The summed E-state index contributed by atoms with van der Waals surface area (Å²) in [5.74, 6) is 0.947. The summed E-state index contributed by atoms with van der Waals surface area (Å²) in [6.45, 7) is 1.98. The van der Waals surface area contributed by atoms with Crippen molar-refractivity contribution in [1.82, 2.24) is 14.4 Å². The fraction of sp³-hybridized carbons (Fsp3) is 0.0526. The molecule has 23 heavy (non-hydrogen) atoms. The summed E-state index contributed by atoms with van der Waals surface area (Å²) in [5.41, 5.74) is 4.80. The van der Waals surface area contributed by atoms with Gasteiger partial charge in [-0.25, -0.2) is 4.98 Å². The van der Waals surface area contributed by atoms with Gasteiger partial charge < -0.3 is 5.32 Å². The summed E-state index contributed by atoms with van der Waals surface area (Å²) in [7, 11) is 0. The van der Waals surface area contributed by atoms with Gasteiger partial charge in [-0.2, -0.15) is 0 Å². The number of para-hydroxylation sites is 1. The molecule has 0 bridgehead atoms. The molecule has 4 nitrogen and oxygen atoms in total. The molecule has 4 aromatic rings. The summed E-state index contributed by atoms with van der Waals surface area (Å²) in [6.07, 6.45) is 3.74. The molecule has 0 spiro atoms. The van der Waals surface area contributed by atoms with E-state index < -0.39 is 0 Å². The van der Waals surface area contributed by atoms with E-state index in [0.29, 0.717) is 0 Å². The van der Waals surface area contributed by atoms with Gasteiger partial charge in [-0.05, 0) is 19.1 Å². The molecule has 4 rings (SSSR count). The molecular formula is C19H16N4. The number of benzene rings is 2. The Hall–Kier alpha value is -3.14. The summed E-state index contributed by atoms with van der Waals surface area (Å²) in [6, 6.07) is 20.3. The number of imidazole rings is 1. The van der Waals surface area contributed by atoms with Gasteiger partial charge in [0.2, 0.25) is 0 Å². The lowest BCUT2D eigenvalue weighted by Crippen LogP contribution is -1.97. The smallest absolute Gasteiger partial charge is 0.160 e. The van der Waals surface area contributed by atoms with E-state index >= 15 is 0 Å². The highest BCUT2D eigenvalue weighted by atomic mass is 15.1. The van der Waals surface area contributed by atoms with E-state index in [1.54, 1.807) is 6.20 Å². The molecule has 0 saturated heterocycles. The molecule has 0 saturated carbocycles. The van der Waals surface area contributed by atoms with Gasteiger partial charge in [-0.1, -0.05) is 48.5 Å². The van der Waals surface area contributed by atoms with Crippen LogP contribution in [-0.4, -0.2) is 14.4 Å². The standard InChI is InChI=1S/C19H16N4/c1-14-18-22-17(15-8-4-2-5-9-15)19(23(18)13-12-20-14)21-16-10-6-3-7-11-16/h2-13,21H,1H3. The predicted molar refractivity (Wildman–Crippen MR) is 92.9 cm³/mol. The van der Waals surface area contributed by atoms with Gasteiger partial charge in [-0.3, -0.25) is 9.38 Å². The quantitative estimate of drug-likeness (QED) is 0.608. The summed E-state index contributed by atoms with van der Waals surface area (Å²) >= 11 is 0. The highest BCUT2D eigenvalue weighted by molar-refractivity contribution is 5.80. The van der Waals surface area contributed by atoms with Crippen LogP contribution in [0.1, 0.15) is 5.69 Å². The molecule has 2 aromatic heterocycles. The third-order valence-corrected chi connectivity index (χ3v) is 3.80. The highest BCUT2D eigenvalue weighted by Gasteiger charge is 2.15. The Morgan fingerprint density at radius 1 is 0.913 bits per heavy atom. The lowest BCUT2D eigenvalue weighted by atomic mass is 10.1. The molecule has 0 amide bonds. The summed E-state index contributed by atoms with van der Waals surface area (Å²) in [5, 5.41) is 3.49. The minimum atomic E-state index is 0.866.